The van der Waals surface area contributed by atoms with Crippen molar-refractivity contribution >= 4 is 35.2 Å². The molecule has 1 aliphatic carbocycles. The van der Waals surface area contributed by atoms with E-state index in [9.17, 15) is 9.59 Å². The van der Waals surface area contributed by atoms with E-state index in [1.807, 2.05) is 53.4 Å². The maximum Gasteiger partial charge on any atom is 0.267 e. The Morgan fingerprint density at radius 1 is 1.00 bits per heavy atom. The van der Waals surface area contributed by atoms with Gasteiger partial charge in [0.05, 0.1) is 5.41 Å². The van der Waals surface area contributed by atoms with Gasteiger partial charge in [0, 0.05) is 43.0 Å². The van der Waals surface area contributed by atoms with Crippen LogP contribution in [-0.4, -0.2) is 48.1 Å². The van der Waals surface area contributed by atoms with Gasteiger partial charge in [0.25, 0.3) is 5.91 Å². The lowest BCUT2D eigenvalue weighted by Gasteiger charge is -2.38. The van der Waals surface area contributed by atoms with Crippen LogP contribution < -0.4 is 10.4 Å². The van der Waals surface area contributed by atoms with Crippen LogP contribution >= 0.6 is 11.6 Å². The summed E-state index contributed by atoms with van der Waals surface area (Å²) in [4.78, 5) is 28.8. The molecule has 0 bridgehead atoms. The molecule has 1 heterocycles. The molecule has 0 unspecified atom stereocenters. The molecule has 2 N–H and O–H groups in total. The van der Waals surface area contributed by atoms with Gasteiger partial charge in [0.15, 0.2) is 0 Å². The zero-order chi connectivity index (χ0) is 21.1. The van der Waals surface area contributed by atoms with Gasteiger partial charge in [0.1, 0.15) is 0 Å². The lowest BCUT2D eigenvalue weighted by atomic mass is 9.94. The quantitative estimate of drug-likeness (QED) is 0.438. The van der Waals surface area contributed by atoms with Crippen molar-refractivity contribution < 1.29 is 14.8 Å². The van der Waals surface area contributed by atoms with E-state index in [2.05, 4.69) is 4.90 Å². The number of carbonyl (C=O) groups is 2. The highest BCUT2D eigenvalue weighted by molar-refractivity contribution is 6.30. The number of hydrogen-bond acceptors (Lipinski definition) is 4. The molecule has 4 rings (SSSR count). The molecule has 7 heteroatoms. The van der Waals surface area contributed by atoms with Crippen molar-refractivity contribution in [3.05, 3.63) is 70.8 Å². The van der Waals surface area contributed by atoms with Crippen LogP contribution in [0.25, 0.3) is 6.08 Å². The Bertz CT molecular complexity index is 962. The number of hydroxylamine groups is 1. The monoisotopic (exact) mass is 425 g/mol. The van der Waals surface area contributed by atoms with Crippen LogP contribution in [0.2, 0.25) is 5.02 Å². The van der Waals surface area contributed by atoms with Crippen molar-refractivity contribution in [2.24, 2.45) is 0 Å². The molecule has 30 heavy (non-hydrogen) atoms. The van der Waals surface area contributed by atoms with Crippen LogP contribution in [-0.2, 0) is 15.0 Å². The molecule has 2 aliphatic rings. The van der Waals surface area contributed by atoms with Crippen molar-refractivity contribution in [3.63, 3.8) is 0 Å². The van der Waals surface area contributed by atoms with Gasteiger partial charge in [-0.15, -0.1) is 0 Å². The molecule has 156 valence electrons. The summed E-state index contributed by atoms with van der Waals surface area (Å²) in [5.74, 6) is -0.366. The minimum absolute atomic E-state index is 0.206. The van der Waals surface area contributed by atoms with Crippen LogP contribution in [0.5, 0.6) is 0 Å². The van der Waals surface area contributed by atoms with E-state index in [0.29, 0.717) is 18.1 Å². The highest BCUT2D eigenvalue weighted by atomic mass is 35.5. The Morgan fingerprint density at radius 3 is 2.30 bits per heavy atom. The number of carbonyl (C=O) groups excluding carboxylic acids is 2. The number of amides is 2. The van der Waals surface area contributed by atoms with Gasteiger partial charge in [-0.25, -0.2) is 5.48 Å². The first-order valence-electron chi connectivity index (χ1n) is 10.0. The third-order valence-electron chi connectivity index (χ3n) is 5.92. The molecule has 6 nitrogen and oxygen atoms in total. The smallest absolute Gasteiger partial charge is 0.267 e. The molecule has 0 atom stereocenters. The predicted octanol–water partition coefficient (Wildman–Crippen LogP) is 3.24. The topological polar surface area (TPSA) is 72.9 Å². The Balaban J connectivity index is 1.44. The Morgan fingerprint density at radius 2 is 1.67 bits per heavy atom. The second-order valence-electron chi connectivity index (χ2n) is 7.74. The summed E-state index contributed by atoms with van der Waals surface area (Å²) in [7, 11) is 0. The van der Waals surface area contributed by atoms with Crippen LogP contribution in [0.3, 0.4) is 0 Å². The molecule has 2 aromatic carbocycles. The number of nitrogens with one attached hydrogen (secondary N) is 1. The SMILES string of the molecule is O=C(/C=C/c1ccccc1N1CCN(C(=O)C2(c3ccc(Cl)cc3)CC2)CC1)NO. The van der Waals surface area contributed by atoms with E-state index in [0.717, 1.165) is 42.7 Å². The van der Waals surface area contributed by atoms with Crippen LogP contribution in [0.1, 0.15) is 24.0 Å². The standard InChI is InChI=1S/C23H24ClN3O3/c24-19-8-6-18(7-9-19)23(11-12-23)22(29)27-15-13-26(14-16-27)20-4-2-1-3-17(20)5-10-21(28)25-30/h1-10,30H,11-16H2,(H,25,28)/b10-5+. The normalized spacial score (nSPS) is 17.8. The summed E-state index contributed by atoms with van der Waals surface area (Å²) in [5.41, 5.74) is 4.16. The number of nitrogens with zero attached hydrogens (tertiary/aromatic N) is 2. The van der Waals surface area contributed by atoms with Crippen LogP contribution in [0.15, 0.2) is 54.6 Å². The number of para-hydroxylation sites is 1. The van der Waals surface area contributed by atoms with Gasteiger partial charge in [0.2, 0.25) is 5.91 Å². The largest absolute Gasteiger partial charge is 0.367 e. The molecule has 1 saturated carbocycles. The Kier molecular flexibility index (Phi) is 5.79. The number of benzene rings is 2. The number of halogens is 1. The lowest BCUT2D eigenvalue weighted by molar-refractivity contribution is -0.134. The van der Waals surface area contributed by atoms with E-state index in [1.54, 1.807) is 11.6 Å². The van der Waals surface area contributed by atoms with E-state index in [4.69, 9.17) is 16.8 Å². The first-order valence-corrected chi connectivity index (χ1v) is 10.4. The highest BCUT2D eigenvalue weighted by Gasteiger charge is 2.53. The molecule has 0 aromatic heterocycles. The first-order chi connectivity index (χ1) is 14.5. The zero-order valence-corrected chi connectivity index (χ0v) is 17.3. The fraction of sp³-hybridized carbons (Fsp3) is 0.304. The van der Waals surface area contributed by atoms with E-state index < -0.39 is 5.91 Å². The van der Waals surface area contributed by atoms with E-state index in [1.165, 1.54) is 6.08 Å². The maximum atomic E-state index is 13.3. The summed E-state index contributed by atoms with van der Waals surface area (Å²) >= 11 is 6.01. The van der Waals surface area contributed by atoms with Gasteiger partial charge in [-0.05, 0) is 48.2 Å². The fourth-order valence-corrected chi connectivity index (χ4v) is 4.22. The number of rotatable bonds is 5. The second kappa shape index (κ2) is 8.50. The highest BCUT2D eigenvalue weighted by Crippen LogP contribution is 2.50. The molecular formula is C23H24ClN3O3. The number of hydrogen-bond donors (Lipinski definition) is 2. The third kappa shape index (κ3) is 4.06. The van der Waals surface area contributed by atoms with Crippen LogP contribution in [0, 0.1) is 0 Å². The van der Waals surface area contributed by atoms with Crippen LogP contribution in [0.4, 0.5) is 5.69 Å². The molecule has 2 fully saturated rings. The fourth-order valence-electron chi connectivity index (χ4n) is 4.09. The Labute approximate surface area is 180 Å². The van der Waals surface area contributed by atoms with Crippen molar-refractivity contribution in [3.8, 4) is 0 Å². The number of piperazine rings is 1. The molecule has 0 radical (unpaired) electrons. The summed E-state index contributed by atoms with van der Waals surface area (Å²) in [5, 5.41) is 9.35. The van der Waals surface area contributed by atoms with Gasteiger partial charge in [-0.3, -0.25) is 14.8 Å². The predicted molar refractivity (Wildman–Crippen MR) is 117 cm³/mol. The van der Waals surface area contributed by atoms with Crippen molar-refractivity contribution in [2.45, 2.75) is 18.3 Å². The van der Waals surface area contributed by atoms with Gasteiger partial charge in [-0.2, -0.15) is 0 Å². The molecule has 0 spiro atoms. The molecule has 1 aliphatic heterocycles. The molecule has 2 amide bonds. The van der Waals surface area contributed by atoms with Crippen molar-refractivity contribution in [2.75, 3.05) is 31.1 Å². The minimum atomic E-state index is -0.572. The Hall–Kier alpha value is -2.83. The average Bonchev–Trinajstić information content (AvgIpc) is 3.60. The van der Waals surface area contributed by atoms with E-state index in [-0.39, 0.29) is 11.3 Å². The molecule has 2 aromatic rings. The van der Waals surface area contributed by atoms with E-state index >= 15 is 0 Å². The van der Waals surface area contributed by atoms with Crippen molar-refractivity contribution in [1.82, 2.24) is 10.4 Å². The summed E-state index contributed by atoms with van der Waals surface area (Å²) in [6.07, 6.45) is 4.74. The minimum Gasteiger partial charge on any atom is -0.367 e. The summed E-state index contributed by atoms with van der Waals surface area (Å²) < 4.78 is 0. The first kappa shape index (κ1) is 20.4. The zero-order valence-electron chi connectivity index (χ0n) is 16.6. The van der Waals surface area contributed by atoms with Crippen molar-refractivity contribution in [1.29, 1.82) is 0 Å². The van der Waals surface area contributed by atoms with Gasteiger partial charge >= 0.3 is 0 Å². The second-order valence-corrected chi connectivity index (χ2v) is 8.17. The van der Waals surface area contributed by atoms with Gasteiger partial charge < -0.3 is 9.80 Å². The molecule has 1 saturated heterocycles. The third-order valence-corrected chi connectivity index (χ3v) is 6.18. The van der Waals surface area contributed by atoms with Gasteiger partial charge in [-0.1, -0.05) is 41.9 Å². The summed E-state index contributed by atoms with van der Waals surface area (Å²) in [6.45, 7) is 2.76. The lowest BCUT2D eigenvalue weighted by Crippen LogP contribution is -2.51. The number of anilines is 1. The average molecular weight is 426 g/mol. The maximum absolute atomic E-state index is 13.3. The summed E-state index contributed by atoms with van der Waals surface area (Å²) in [6, 6.07) is 15.4. The molecular weight excluding hydrogens is 402 g/mol.